The van der Waals surface area contributed by atoms with Gasteiger partial charge in [0.15, 0.2) is 17.7 Å². The number of nitrogens with one attached hydrogen (secondary N) is 1. The monoisotopic (exact) mass is 412 g/mol. The molecule has 0 aromatic heterocycles. The minimum Gasteiger partial charge on any atom is -0.497 e. The van der Waals surface area contributed by atoms with Crippen LogP contribution in [0.5, 0.6) is 17.2 Å². The van der Waals surface area contributed by atoms with Gasteiger partial charge in [-0.2, -0.15) is 0 Å². The predicted molar refractivity (Wildman–Crippen MR) is 118 cm³/mol. The number of rotatable bonds is 7. The third-order valence-corrected chi connectivity index (χ3v) is 5.79. The van der Waals surface area contributed by atoms with Crippen molar-refractivity contribution in [1.29, 1.82) is 0 Å². The average molecular weight is 413 g/mol. The Morgan fingerprint density at radius 3 is 2.73 bits per heavy atom. The molecule has 2 aliphatic heterocycles. The van der Waals surface area contributed by atoms with Gasteiger partial charge in [-0.25, -0.2) is 0 Å². The summed E-state index contributed by atoms with van der Waals surface area (Å²) < 4.78 is 18.2. The molecule has 0 radical (unpaired) electrons. The zero-order valence-electron chi connectivity index (χ0n) is 18.1. The van der Waals surface area contributed by atoms with Gasteiger partial charge in [0.05, 0.1) is 13.2 Å². The third kappa shape index (κ3) is 4.35. The van der Waals surface area contributed by atoms with Crippen LogP contribution in [0.1, 0.15) is 32.3 Å². The van der Waals surface area contributed by atoms with Gasteiger partial charge in [-0.15, -0.1) is 0 Å². The first-order valence-electron chi connectivity index (χ1n) is 10.7. The quantitative estimate of drug-likeness (QED) is 0.727. The van der Waals surface area contributed by atoms with Crippen molar-refractivity contribution in [3.8, 4) is 17.2 Å². The van der Waals surface area contributed by atoms with Crippen LogP contribution in [0.3, 0.4) is 0 Å². The second kappa shape index (κ2) is 8.74. The van der Waals surface area contributed by atoms with Gasteiger partial charge in [-0.1, -0.05) is 12.1 Å². The Labute approximate surface area is 178 Å². The highest BCUT2D eigenvalue weighted by Gasteiger charge is 2.36. The van der Waals surface area contributed by atoms with E-state index in [9.17, 15) is 5.11 Å². The first-order valence-corrected chi connectivity index (χ1v) is 10.7. The van der Waals surface area contributed by atoms with Gasteiger partial charge in [-0.05, 0) is 57.0 Å². The number of aliphatic hydroxyl groups is 1. The fourth-order valence-electron chi connectivity index (χ4n) is 4.38. The minimum absolute atomic E-state index is 0.0956. The van der Waals surface area contributed by atoms with E-state index < -0.39 is 0 Å². The third-order valence-electron chi connectivity index (χ3n) is 5.79. The van der Waals surface area contributed by atoms with E-state index in [1.807, 2.05) is 24.3 Å². The van der Waals surface area contributed by atoms with Gasteiger partial charge < -0.3 is 29.5 Å². The molecule has 1 fully saturated rings. The lowest BCUT2D eigenvalue weighted by Crippen LogP contribution is -2.60. The zero-order valence-corrected chi connectivity index (χ0v) is 18.1. The van der Waals surface area contributed by atoms with Crippen LogP contribution in [0.25, 0.3) is 0 Å². The lowest BCUT2D eigenvalue weighted by atomic mass is 10.0. The summed E-state index contributed by atoms with van der Waals surface area (Å²) in [5.41, 5.74) is 2.05. The van der Waals surface area contributed by atoms with Crippen molar-refractivity contribution < 1.29 is 19.3 Å². The Kier molecular flexibility index (Phi) is 6.06. The molecule has 2 aromatic carbocycles. The summed E-state index contributed by atoms with van der Waals surface area (Å²) >= 11 is 0. The summed E-state index contributed by atoms with van der Waals surface area (Å²) in [4.78, 5) is 2.29. The molecule has 1 saturated heterocycles. The maximum Gasteiger partial charge on any atom is 0.188 e. The van der Waals surface area contributed by atoms with Crippen LogP contribution in [-0.2, 0) is 6.42 Å². The molecule has 0 amide bonds. The van der Waals surface area contributed by atoms with Crippen molar-refractivity contribution in [3.63, 3.8) is 0 Å². The SMILES string of the molecule is COc1ccc(N2CCNC(CCCO)C2Oc2cccc3c2OC(C)(C)C3)cc1. The maximum atomic E-state index is 9.38. The molecule has 6 heteroatoms. The van der Waals surface area contributed by atoms with E-state index in [0.29, 0.717) is 0 Å². The molecule has 6 nitrogen and oxygen atoms in total. The van der Waals surface area contributed by atoms with E-state index in [0.717, 1.165) is 55.3 Å². The maximum absolute atomic E-state index is 9.38. The van der Waals surface area contributed by atoms with Crippen LogP contribution >= 0.6 is 0 Å². The van der Waals surface area contributed by atoms with E-state index in [2.05, 4.69) is 42.3 Å². The van der Waals surface area contributed by atoms with Crippen molar-refractivity contribution in [2.24, 2.45) is 0 Å². The molecule has 2 atom stereocenters. The first kappa shape index (κ1) is 20.8. The van der Waals surface area contributed by atoms with Gasteiger partial charge in [0.2, 0.25) is 0 Å². The van der Waals surface area contributed by atoms with Gasteiger partial charge in [0, 0.05) is 37.4 Å². The van der Waals surface area contributed by atoms with Crippen LogP contribution in [0.2, 0.25) is 0 Å². The smallest absolute Gasteiger partial charge is 0.188 e. The highest BCUT2D eigenvalue weighted by molar-refractivity contribution is 5.53. The van der Waals surface area contributed by atoms with Gasteiger partial charge >= 0.3 is 0 Å². The van der Waals surface area contributed by atoms with Gasteiger partial charge in [0.1, 0.15) is 11.4 Å². The number of nitrogens with zero attached hydrogens (tertiary/aromatic N) is 1. The molecule has 0 saturated carbocycles. The van der Waals surface area contributed by atoms with Crippen molar-refractivity contribution in [2.45, 2.75) is 51.0 Å². The Bertz CT molecular complexity index is 853. The molecule has 2 aromatic rings. The highest BCUT2D eigenvalue weighted by Crippen LogP contribution is 2.43. The van der Waals surface area contributed by atoms with E-state index in [1.165, 1.54) is 5.56 Å². The summed E-state index contributed by atoms with van der Waals surface area (Å²) in [7, 11) is 1.67. The van der Waals surface area contributed by atoms with Gasteiger partial charge in [-0.3, -0.25) is 0 Å². The van der Waals surface area contributed by atoms with Crippen LogP contribution in [0.4, 0.5) is 5.69 Å². The van der Waals surface area contributed by atoms with Crippen LogP contribution < -0.4 is 24.4 Å². The summed E-state index contributed by atoms with van der Waals surface area (Å²) in [5, 5.41) is 13.0. The number of hydrogen-bond donors (Lipinski definition) is 2. The van der Waals surface area contributed by atoms with Gasteiger partial charge in [0.25, 0.3) is 0 Å². The Balaban J connectivity index is 1.64. The molecule has 0 aliphatic carbocycles. The summed E-state index contributed by atoms with van der Waals surface area (Å²) in [6.07, 6.45) is 2.22. The van der Waals surface area contributed by atoms with Crippen molar-refractivity contribution in [3.05, 3.63) is 48.0 Å². The Hall–Kier alpha value is -2.44. The number of methoxy groups -OCH3 is 1. The number of hydrogen-bond acceptors (Lipinski definition) is 6. The molecule has 2 N–H and O–H groups in total. The number of benzene rings is 2. The van der Waals surface area contributed by atoms with E-state index in [-0.39, 0.29) is 24.5 Å². The standard InChI is InChI=1S/C24H32N2O4/c1-24(2)16-17-6-4-8-21(22(17)30-24)29-23-20(7-5-15-27)25-13-14-26(23)18-9-11-19(28-3)12-10-18/h4,6,8-12,20,23,25,27H,5,7,13-16H2,1-3H3. The minimum atomic E-state index is -0.224. The fourth-order valence-corrected chi connectivity index (χ4v) is 4.38. The number of piperazine rings is 1. The van der Waals surface area contributed by atoms with Crippen LogP contribution in [-0.4, -0.2) is 49.8 Å². The van der Waals surface area contributed by atoms with Crippen molar-refractivity contribution >= 4 is 5.69 Å². The number of anilines is 1. The number of fused-ring (bicyclic) bond motifs is 1. The lowest BCUT2D eigenvalue weighted by Gasteiger charge is -2.43. The molecule has 30 heavy (non-hydrogen) atoms. The van der Waals surface area contributed by atoms with E-state index in [4.69, 9.17) is 14.2 Å². The molecular weight excluding hydrogens is 380 g/mol. The molecule has 4 rings (SSSR count). The molecule has 2 unspecified atom stereocenters. The number of aliphatic hydroxyl groups excluding tert-OH is 1. The second-order valence-electron chi connectivity index (χ2n) is 8.61. The largest absolute Gasteiger partial charge is 0.497 e. The Morgan fingerprint density at radius 2 is 2.00 bits per heavy atom. The van der Waals surface area contributed by atoms with Crippen molar-refractivity contribution in [1.82, 2.24) is 5.32 Å². The topological polar surface area (TPSA) is 63.2 Å². The summed E-state index contributed by atoms with van der Waals surface area (Å²) in [5.74, 6) is 2.46. The summed E-state index contributed by atoms with van der Waals surface area (Å²) in [6.45, 7) is 6.07. The second-order valence-corrected chi connectivity index (χ2v) is 8.61. The first-order chi connectivity index (χ1) is 14.5. The molecule has 0 bridgehead atoms. The number of para-hydroxylation sites is 1. The molecule has 2 heterocycles. The number of ether oxygens (including phenoxy) is 3. The Morgan fingerprint density at radius 1 is 1.20 bits per heavy atom. The van der Waals surface area contributed by atoms with E-state index in [1.54, 1.807) is 7.11 Å². The lowest BCUT2D eigenvalue weighted by molar-refractivity contribution is 0.100. The normalized spacial score (nSPS) is 22.3. The molecule has 162 valence electrons. The molecule has 0 spiro atoms. The van der Waals surface area contributed by atoms with Crippen LogP contribution in [0, 0.1) is 0 Å². The molecular formula is C24H32N2O4. The predicted octanol–water partition coefficient (Wildman–Crippen LogP) is 3.36. The van der Waals surface area contributed by atoms with E-state index >= 15 is 0 Å². The highest BCUT2D eigenvalue weighted by atomic mass is 16.5. The average Bonchev–Trinajstić information content (AvgIpc) is 3.08. The fraction of sp³-hybridized carbons (Fsp3) is 0.500. The van der Waals surface area contributed by atoms with Crippen molar-refractivity contribution in [2.75, 3.05) is 31.7 Å². The van der Waals surface area contributed by atoms with Crippen LogP contribution in [0.15, 0.2) is 42.5 Å². The summed E-state index contributed by atoms with van der Waals surface area (Å²) in [6, 6.07) is 14.3. The molecule has 2 aliphatic rings. The zero-order chi connectivity index (χ0) is 21.1.